The van der Waals surface area contributed by atoms with Gasteiger partial charge in [0, 0.05) is 18.3 Å². The maximum Gasteiger partial charge on any atom is 0.166 e. The van der Waals surface area contributed by atoms with E-state index in [2.05, 4.69) is 35.4 Å². The topological polar surface area (TPSA) is 42.0 Å². The third-order valence-corrected chi connectivity index (χ3v) is 4.97. The molecule has 0 aliphatic rings. The number of hydrogen-bond donors (Lipinski definition) is 1. The number of fused-ring (bicyclic) bond motifs is 1. The Bertz CT molecular complexity index is 860. The zero-order valence-electron chi connectivity index (χ0n) is 14.5. The van der Waals surface area contributed by atoms with E-state index in [1.807, 2.05) is 24.4 Å². The minimum absolute atomic E-state index is 0. The number of anilines is 2. The molecule has 0 spiro atoms. The highest BCUT2D eigenvalue weighted by Gasteiger charge is 2.17. The summed E-state index contributed by atoms with van der Waals surface area (Å²) in [7, 11) is 0. The molecule has 0 saturated carbocycles. The third kappa shape index (κ3) is 4.20. The average molecular weight is 375 g/mol. The molecule has 0 aliphatic heterocycles. The van der Waals surface area contributed by atoms with Crippen molar-refractivity contribution in [1.82, 2.24) is 4.98 Å². The lowest BCUT2D eigenvalue weighted by molar-refractivity contribution is 0.0982. The third-order valence-electron chi connectivity index (χ3n) is 4.05. The van der Waals surface area contributed by atoms with Crippen molar-refractivity contribution in [2.75, 3.05) is 5.32 Å². The molecule has 0 saturated heterocycles. The number of benzene rings is 1. The molecule has 5 heteroatoms. The van der Waals surface area contributed by atoms with Gasteiger partial charge in [0.15, 0.2) is 5.78 Å². The Morgan fingerprint density at radius 3 is 2.72 bits per heavy atom. The molecule has 132 valence electrons. The predicted octanol–water partition coefficient (Wildman–Crippen LogP) is 6.40. The van der Waals surface area contributed by atoms with E-state index in [-0.39, 0.29) is 18.2 Å². The standard InChI is InChI=1S/C20H22N2OS.ClH/c1-3-7-14-9-5-6-10-16(14)22-19-15(18(23)8-4-2)13-21-17-11-12-24-20(17)19;/h5-6,9-13H,3-4,7-8H2,1-2H3,(H,21,22);1H. The van der Waals surface area contributed by atoms with Crippen LogP contribution in [0.25, 0.3) is 10.2 Å². The number of aromatic nitrogens is 1. The fraction of sp³-hybridized carbons (Fsp3) is 0.300. The van der Waals surface area contributed by atoms with Crippen molar-refractivity contribution in [2.45, 2.75) is 39.5 Å². The number of halogens is 1. The van der Waals surface area contributed by atoms with Gasteiger partial charge >= 0.3 is 0 Å². The van der Waals surface area contributed by atoms with E-state index >= 15 is 0 Å². The van der Waals surface area contributed by atoms with Crippen LogP contribution in [0, 0.1) is 0 Å². The molecule has 3 nitrogen and oxygen atoms in total. The Hall–Kier alpha value is -1.91. The molecular weight excluding hydrogens is 352 g/mol. The quantitative estimate of drug-likeness (QED) is 0.486. The van der Waals surface area contributed by atoms with E-state index in [1.54, 1.807) is 17.5 Å². The van der Waals surface area contributed by atoms with Crippen molar-refractivity contribution < 1.29 is 4.79 Å². The van der Waals surface area contributed by atoms with E-state index in [4.69, 9.17) is 0 Å². The second kappa shape index (κ2) is 8.97. The first kappa shape index (κ1) is 19.4. The van der Waals surface area contributed by atoms with Gasteiger partial charge in [-0.1, -0.05) is 38.5 Å². The highest BCUT2D eigenvalue weighted by Crippen LogP contribution is 2.34. The number of nitrogens with zero attached hydrogens (tertiary/aromatic N) is 1. The highest BCUT2D eigenvalue weighted by molar-refractivity contribution is 7.17. The van der Waals surface area contributed by atoms with Crippen molar-refractivity contribution in [3.63, 3.8) is 0 Å². The van der Waals surface area contributed by atoms with Gasteiger partial charge in [0.25, 0.3) is 0 Å². The molecule has 25 heavy (non-hydrogen) atoms. The number of rotatable bonds is 7. The van der Waals surface area contributed by atoms with Crippen LogP contribution in [-0.4, -0.2) is 10.8 Å². The number of thiophene rings is 1. The number of carbonyl (C=O) groups excluding carboxylic acids is 1. The summed E-state index contributed by atoms with van der Waals surface area (Å²) in [6.07, 6.45) is 5.21. The molecule has 3 aromatic rings. The SMILES string of the molecule is CCCC(=O)c1cnc2ccsc2c1Nc1ccccc1CCC.Cl. The zero-order valence-corrected chi connectivity index (χ0v) is 16.2. The van der Waals surface area contributed by atoms with Gasteiger partial charge in [-0.05, 0) is 35.9 Å². The van der Waals surface area contributed by atoms with Crippen LogP contribution in [0.4, 0.5) is 11.4 Å². The van der Waals surface area contributed by atoms with Crippen LogP contribution in [-0.2, 0) is 6.42 Å². The van der Waals surface area contributed by atoms with Gasteiger partial charge in [-0.25, -0.2) is 0 Å². The molecule has 0 amide bonds. The predicted molar refractivity (Wildman–Crippen MR) is 110 cm³/mol. The van der Waals surface area contributed by atoms with Crippen molar-refractivity contribution in [2.24, 2.45) is 0 Å². The minimum atomic E-state index is 0. The number of carbonyl (C=O) groups is 1. The largest absolute Gasteiger partial charge is 0.353 e. The number of nitrogens with one attached hydrogen (secondary N) is 1. The van der Waals surface area contributed by atoms with Gasteiger partial charge < -0.3 is 5.32 Å². The van der Waals surface area contributed by atoms with Crippen molar-refractivity contribution in [1.29, 1.82) is 0 Å². The highest BCUT2D eigenvalue weighted by atomic mass is 35.5. The van der Waals surface area contributed by atoms with Crippen LogP contribution in [0.1, 0.15) is 49.0 Å². The first-order chi connectivity index (χ1) is 11.7. The summed E-state index contributed by atoms with van der Waals surface area (Å²) in [5.41, 5.74) is 4.87. The molecule has 0 aliphatic carbocycles. The Balaban J connectivity index is 0.00000225. The minimum Gasteiger partial charge on any atom is -0.353 e. The molecular formula is C20H23ClN2OS. The normalized spacial score (nSPS) is 10.5. The van der Waals surface area contributed by atoms with Crippen molar-refractivity contribution in [3.05, 3.63) is 53.0 Å². The lowest BCUT2D eigenvalue weighted by Gasteiger charge is -2.15. The second-order valence-corrected chi connectivity index (χ2v) is 6.80. The Kier molecular flexibility index (Phi) is 6.97. The Labute approximate surface area is 158 Å². The van der Waals surface area contributed by atoms with E-state index in [9.17, 15) is 4.79 Å². The van der Waals surface area contributed by atoms with Crippen molar-refractivity contribution in [3.8, 4) is 0 Å². The molecule has 0 radical (unpaired) electrons. The summed E-state index contributed by atoms with van der Waals surface area (Å²) in [4.78, 5) is 17.0. The lowest BCUT2D eigenvalue weighted by atomic mass is 10.0. The molecule has 0 atom stereocenters. The lowest BCUT2D eigenvalue weighted by Crippen LogP contribution is -2.06. The summed E-state index contributed by atoms with van der Waals surface area (Å²) < 4.78 is 1.04. The maximum atomic E-state index is 12.6. The van der Waals surface area contributed by atoms with Crippen LogP contribution in [0.2, 0.25) is 0 Å². The van der Waals surface area contributed by atoms with Crippen LogP contribution in [0.3, 0.4) is 0 Å². The monoisotopic (exact) mass is 374 g/mol. The molecule has 2 heterocycles. The molecule has 1 N–H and O–H groups in total. The number of pyridine rings is 1. The Morgan fingerprint density at radius 1 is 1.16 bits per heavy atom. The molecule has 3 rings (SSSR count). The molecule has 0 unspecified atom stereocenters. The van der Waals surface area contributed by atoms with Crippen molar-refractivity contribution >= 4 is 51.1 Å². The number of hydrogen-bond acceptors (Lipinski definition) is 4. The zero-order chi connectivity index (χ0) is 16.9. The van der Waals surface area contributed by atoms with Crippen LogP contribution in [0.15, 0.2) is 41.9 Å². The molecule has 0 bridgehead atoms. The summed E-state index contributed by atoms with van der Waals surface area (Å²) in [5.74, 6) is 0.149. The summed E-state index contributed by atoms with van der Waals surface area (Å²) in [5, 5.41) is 5.57. The van der Waals surface area contributed by atoms with Gasteiger partial charge in [0.2, 0.25) is 0 Å². The van der Waals surface area contributed by atoms with Crippen LogP contribution in [0.5, 0.6) is 0 Å². The first-order valence-corrected chi connectivity index (χ1v) is 9.36. The summed E-state index contributed by atoms with van der Waals surface area (Å²) in [6, 6.07) is 10.3. The van der Waals surface area contributed by atoms with Gasteiger partial charge in [0.05, 0.1) is 21.5 Å². The van der Waals surface area contributed by atoms with Gasteiger partial charge in [0.1, 0.15) is 0 Å². The average Bonchev–Trinajstić information content (AvgIpc) is 3.06. The van der Waals surface area contributed by atoms with E-state index in [0.29, 0.717) is 12.0 Å². The molecule has 2 aromatic heterocycles. The van der Waals surface area contributed by atoms with E-state index in [1.165, 1.54) is 5.56 Å². The van der Waals surface area contributed by atoms with E-state index < -0.39 is 0 Å². The maximum absolute atomic E-state index is 12.6. The van der Waals surface area contributed by atoms with E-state index in [0.717, 1.165) is 40.9 Å². The van der Waals surface area contributed by atoms with Crippen LogP contribution >= 0.6 is 23.7 Å². The summed E-state index contributed by atoms with van der Waals surface area (Å²) >= 11 is 1.62. The number of Topliss-reactive ketones (excluding diaryl/α,β-unsaturated/α-hetero) is 1. The number of ketones is 1. The first-order valence-electron chi connectivity index (χ1n) is 8.49. The summed E-state index contributed by atoms with van der Waals surface area (Å²) in [6.45, 7) is 4.20. The Morgan fingerprint density at radius 2 is 1.96 bits per heavy atom. The number of aryl methyl sites for hydroxylation is 1. The fourth-order valence-electron chi connectivity index (χ4n) is 2.87. The fourth-order valence-corrected chi connectivity index (χ4v) is 3.73. The molecule has 0 fully saturated rings. The molecule has 1 aromatic carbocycles. The van der Waals surface area contributed by atoms with Gasteiger partial charge in [-0.2, -0.15) is 0 Å². The van der Waals surface area contributed by atoms with Crippen LogP contribution < -0.4 is 5.32 Å². The van der Waals surface area contributed by atoms with Gasteiger partial charge in [-0.3, -0.25) is 9.78 Å². The smallest absolute Gasteiger partial charge is 0.166 e. The number of para-hydroxylation sites is 1. The van der Waals surface area contributed by atoms with Gasteiger partial charge in [-0.15, -0.1) is 23.7 Å². The second-order valence-electron chi connectivity index (χ2n) is 5.89.